The molecule has 4 heteroatoms. The Balaban J connectivity index is 1.57. The quantitative estimate of drug-likeness (QED) is 0.893. The summed E-state index contributed by atoms with van der Waals surface area (Å²) in [5.74, 6) is 0.518. The van der Waals surface area contributed by atoms with Gasteiger partial charge in [-0.2, -0.15) is 0 Å². The minimum absolute atomic E-state index is 0.226. The maximum Gasteiger partial charge on any atom is 0.222 e. The average molecular weight is 288 g/mol. The van der Waals surface area contributed by atoms with Crippen molar-refractivity contribution in [3.05, 3.63) is 29.8 Å². The number of carbonyl (C=O) groups excluding carboxylic acids is 1. The first kappa shape index (κ1) is 14.4. The highest BCUT2D eigenvalue weighted by Crippen LogP contribution is 2.35. The highest BCUT2D eigenvalue weighted by Gasteiger charge is 2.39. The summed E-state index contributed by atoms with van der Waals surface area (Å²) < 4.78 is 0. The van der Waals surface area contributed by atoms with Crippen molar-refractivity contribution >= 4 is 5.91 Å². The van der Waals surface area contributed by atoms with Crippen molar-refractivity contribution < 1.29 is 9.90 Å². The van der Waals surface area contributed by atoms with Crippen LogP contribution in [0.25, 0.3) is 0 Å². The van der Waals surface area contributed by atoms with E-state index < -0.39 is 0 Å². The molecule has 2 fully saturated rings. The number of likely N-dealkylation sites (tertiary alicyclic amines) is 1. The molecule has 0 aliphatic carbocycles. The van der Waals surface area contributed by atoms with Crippen LogP contribution in [-0.4, -0.2) is 42.1 Å². The first-order valence-corrected chi connectivity index (χ1v) is 7.94. The lowest BCUT2D eigenvalue weighted by molar-refractivity contribution is -0.134. The number of phenols is 1. The van der Waals surface area contributed by atoms with Gasteiger partial charge in [0.05, 0.1) is 0 Å². The zero-order chi connectivity index (χ0) is 14.7. The van der Waals surface area contributed by atoms with Crippen LogP contribution < -0.4 is 5.32 Å². The van der Waals surface area contributed by atoms with E-state index in [1.54, 1.807) is 6.07 Å². The highest BCUT2D eigenvalue weighted by atomic mass is 16.3. The van der Waals surface area contributed by atoms with E-state index in [9.17, 15) is 9.90 Å². The van der Waals surface area contributed by atoms with E-state index in [0.717, 1.165) is 38.2 Å². The predicted octanol–water partition coefficient (Wildman–Crippen LogP) is 1.93. The van der Waals surface area contributed by atoms with Crippen LogP contribution in [0.15, 0.2) is 24.3 Å². The van der Waals surface area contributed by atoms with E-state index in [4.69, 9.17) is 0 Å². The Labute approximate surface area is 126 Å². The standard InChI is InChI=1S/C17H24N2O2/c20-15-5-2-1-4-14(15)6-7-16(21)19-11-3-8-17(13-19)9-10-18-12-17/h1-2,4-5,18,20H,3,6-13H2. The largest absolute Gasteiger partial charge is 0.508 e. The zero-order valence-electron chi connectivity index (χ0n) is 12.5. The third-order valence-electron chi connectivity index (χ3n) is 4.95. The van der Waals surface area contributed by atoms with Crippen molar-refractivity contribution in [1.82, 2.24) is 10.2 Å². The number of benzene rings is 1. The van der Waals surface area contributed by atoms with Gasteiger partial charge >= 0.3 is 0 Å². The third-order valence-corrected chi connectivity index (χ3v) is 4.95. The number of nitrogens with zero attached hydrogens (tertiary/aromatic N) is 1. The number of amides is 1. The fourth-order valence-corrected chi connectivity index (χ4v) is 3.69. The van der Waals surface area contributed by atoms with Gasteiger partial charge in [-0.05, 0) is 43.9 Å². The molecule has 2 aliphatic heterocycles. The Hall–Kier alpha value is -1.55. The molecule has 1 spiro atoms. The molecule has 1 atom stereocenters. The van der Waals surface area contributed by atoms with Crippen LogP contribution in [0.1, 0.15) is 31.2 Å². The molecule has 1 aromatic carbocycles. The Bertz CT molecular complexity index is 509. The summed E-state index contributed by atoms with van der Waals surface area (Å²) in [6.07, 6.45) is 4.65. The van der Waals surface area contributed by atoms with Crippen molar-refractivity contribution in [3.8, 4) is 5.75 Å². The topological polar surface area (TPSA) is 52.6 Å². The first-order valence-electron chi connectivity index (χ1n) is 7.94. The normalized spacial score (nSPS) is 25.4. The molecule has 0 radical (unpaired) electrons. The van der Waals surface area contributed by atoms with Crippen LogP contribution in [0.5, 0.6) is 5.75 Å². The average Bonchev–Trinajstić information content (AvgIpc) is 2.94. The minimum Gasteiger partial charge on any atom is -0.508 e. The van der Waals surface area contributed by atoms with Crippen LogP contribution >= 0.6 is 0 Å². The Morgan fingerprint density at radius 3 is 2.95 bits per heavy atom. The van der Waals surface area contributed by atoms with Crippen molar-refractivity contribution in [2.45, 2.75) is 32.1 Å². The van der Waals surface area contributed by atoms with Crippen molar-refractivity contribution in [1.29, 1.82) is 0 Å². The molecule has 4 nitrogen and oxygen atoms in total. The van der Waals surface area contributed by atoms with E-state index in [0.29, 0.717) is 24.0 Å². The molecule has 2 N–H and O–H groups in total. The highest BCUT2D eigenvalue weighted by molar-refractivity contribution is 5.76. The molecule has 114 valence electrons. The fraction of sp³-hybridized carbons (Fsp3) is 0.588. The molecule has 2 saturated heterocycles. The third kappa shape index (κ3) is 3.21. The van der Waals surface area contributed by atoms with E-state index >= 15 is 0 Å². The van der Waals surface area contributed by atoms with E-state index in [-0.39, 0.29) is 5.91 Å². The Morgan fingerprint density at radius 1 is 1.33 bits per heavy atom. The van der Waals surface area contributed by atoms with Crippen LogP contribution in [0, 0.1) is 5.41 Å². The van der Waals surface area contributed by atoms with Crippen LogP contribution in [-0.2, 0) is 11.2 Å². The van der Waals surface area contributed by atoms with Gasteiger partial charge in [0.15, 0.2) is 0 Å². The van der Waals surface area contributed by atoms with Gasteiger partial charge in [0.2, 0.25) is 5.91 Å². The summed E-state index contributed by atoms with van der Waals surface area (Å²) in [6.45, 7) is 3.93. The number of carbonyl (C=O) groups is 1. The van der Waals surface area contributed by atoms with E-state index in [1.165, 1.54) is 12.8 Å². The second kappa shape index (κ2) is 6.06. The molecule has 2 aliphatic rings. The molecule has 2 heterocycles. The lowest BCUT2D eigenvalue weighted by atomic mass is 9.79. The number of para-hydroxylation sites is 1. The molecule has 1 aromatic rings. The zero-order valence-corrected chi connectivity index (χ0v) is 12.5. The molecular formula is C17H24N2O2. The molecule has 0 aromatic heterocycles. The summed E-state index contributed by atoms with van der Waals surface area (Å²) in [4.78, 5) is 14.5. The van der Waals surface area contributed by atoms with Gasteiger partial charge in [-0.25, -0.2) is 0 Å². The lowest BCUT2D eigenvalue weighted by Crippen LogP contribution is -2.47. The summed E-state index contributed by atoms with van der Waals surface area (Å²) in [7, 11) is 0. The molecular weight excluding hydrogens is 264 g/mol. The molecule has 21 heavy (non-hydrogen) atoms. The number of hydrogen-bond donors (Lipinski definition) is 2. The first-order chi connectivity index (χ1) is 10.2. The van der Waals surface area contributed by atoms with Crippen LogP contribution in [0.4, 0.5) is 0 Å². The van der Waals surface area contributed by atoms with E-state index in [2.05, 4.69) is 5.32 Å². The monoisotopic (exact) mass is 288 g/mol. The van der Waals surface area contributed by atoms with Gasteiger partial charge in [-0.15, -0.1) is 0 Å². The summed E-state index contributed by atoms with van der Waals surface area (Å²) in [6, 6.07) is 7.28. The molecule has 3 rings (SSSR count). The van der Waals surface area contributed by atoms with Gasteiger partial charge < -0.3 is 15.3 Å². The minimum atomic E-state index is 0.226. The Kier molecular flexibility index (Phi) is 4.15. The van der Waals surface area contributed by atoms with Gasteiger partial charge in [0.25, 0.3) is 0 Å². The Morgan fingerprint density at radius 2 is 2.19 bits per heavy atom. The van der Waals surface area contributed by atoms with Crippen LogP contribution in [0.3, 0.4) is 0 Å². The number of phenolic OH excluding ortho intramolecular Hbond substituents is 1. The van der Waals surface area contributed by atoms with Crippen molar-refractivity contribution in [3.63, 3.8) is 0 Å². The number of piperidine rings is 1. The van der Waals surface area contributed by atoms with Crippen molar-refractivity contribution in [2.24, 2.45) is 5.41 Å². The van der Waals surface area contributed by atoms with Gasteiger partial charge in [0, 0.05) is 31.5 Å². The molecule has 0 bridgehead atoms. The van der Waals surface area contributed by atoms with Gasteiger partial charge in [-0.3, -0.25) is 4.79 Å². The molecule has 0 saturated carbocycles. The van der Waals surface area contributed by atoms with E-state index in [1.807, 2.05) is 23.1 Å². The lowest BCUT2D eigenvalue weighted by Gasteiger charge is -2.40. The summed E-state index contributed by atoms with van der Waals surface area (Å²) >= 11 is 0. The fourth-order valence-electron chi connectivity index (χ4n) is 3.69. The van der Waals surface area contributed by atoms with Crippen LogP contribution in [0.2, 0.25) is 0 Å². The summed E-state index contributed by atoms with van der Waals surface area (Å²) in [5.41, 5.74) is 1.18. The second-order valence-corrected chi connectivity index (χ2v) is 6.47. The van der Waals surface area contributed by atoms with Crippen molar-refractivity contribution in [2.75, 3.05) is 26.2 Å². The maximum absolute atomic E-state index is 12.4. The van der Waals surface area contributed by atoms with Gasteiger partial charge in [0.1, 0.15) is 5.75 Å². The predicted molar refractivity (Wildman–Crippen MR) is 82.2 cm³/mol. The van der Waals surface area contributed by atoms with Gasteiger partial charge in [-0.1, -0.05) is 18.2 Å². The number of nitrogens with one attached hydrogen (secondary N) is 1. The number of aryl methyl sites for hydroxylation is 1. The number of hydrogen-bond acceptors (Lipinski definition) is 3. The molecule has 1 unspecified atom stereocenters. The summed E-state index contributed by atoms with van der Waals surface area (Å²) in [5, 5.41) is 13.2. The second-order valence-electron chi connectivity index (χ2n) is 6.47. The molecule has 1 amide bonds. The number of aromatic hydroxyl groups is 1. The smallest absolute Gasteiger partial charge is 0.222 e. The SMILES string of the molecule is O=C(CCc1ccccc1O)N1CCCC2(CCNC2)C1. The maximum atomic E-state index is 12.4. The number of rotatable bonds is 3.